The second kappa shape index (κ2) is 3.53. The number of hydrogen-bond acceptors (Lipinski definition) is 2. The third kappa shape index (κ3) is 2.35. The molecule has 60 valence electrons. The normalized spacial score (nSPS) is 14.1. The Morgan fingerprint density at radius 3 is 2.45 bits per heavy atom. The second-order valence-corrected chi connectivity index (χ2v) is 3.59. The van der Waals surface area contributed by atoms with Crippen molar-refractivity contribution in [2.45, 2.75) is 0 Å². The molecule has 0 aromatic carbocycles. The van der Waals surface area contributed by atoms with E-state index >= 15 is 0 Å². The van der Waals surface area contributed by atoms with Crippen LogP contribution in [0.1, 0.15) is 0 Å². The van der Waals surface area contributed by atoms with Gasteiger partial charge in [-0.05, 0) is 12.1 Å². The van der Waals surface area contributed by atoms with Crippen LogP contribution in [-0.2, 0) is 0 Å². The molecule has 0 fully saturated rings. The van der Waals surface area contributed by atoms with Gasteiger partial charge in [0, 0.05) is 24.8 Å². The van der Waals surface area contributed by atoms with E-state index in [1.165, 1.54) is 11.3 Å². The van der Waals surface area contributed by atoms with Crippen molar-refractivity contribution in [3.63, 3.8) is 0 Å². The van der Waals surface area contributed by atoms with Gasteiger partial charge in [-0.15, -0.1) is 11.3 Å². The van der Waals surface area contributed by atoms with Crippen molar-refractivity contribution in [2.24, 2.45) is 0 Å². The van der Waals surface area contributed by atoms with Crippen LogP contribution in [0, 0.1) is 0 Å². The van der Waals surface area contributed by atoms with Gasteiger partial charge in [-0.3, -0.25) is 0 Å². The van der Waals surface area contributed by atoms with Crippen molar-refractivity contribution < 1.29 is 4.39 Å². The molecule has 0 spiro atoms. The van der Waals surface area contributed by atoms with Crippen LogP contribution in [0.2, 0.25) is 0 Å². The topological polar surface area (TPSA) is 3.24 Å². The summed E-state index contributed by atoms with van der Waals surface area (Å²) in [7, 11) is 3.89. The van der Waals surface area contributed by atoms with Gasteiger partial charge in [-0.2, -0.15) is 0 Å². The highest BCUT2D eigenvalue weighted by atomic mass is 32.1. The summed E-state index contributed by atoms with van der Waals surface area (Å²) in [4.78, 5) is 1.94. The number of thiophene rings is 1. The number of nitrogens with zero attached hydrogens (tertiary/aromatic N) is 1. The number of halogens is 1. The summed E-state index contributed by atoms with van der Waals surface area (Å²) in [6.45, 7) is 0. The van der Waals surface area contributed by atoms with E-state index in [-0.39, 0.29) is 0 Å². The molecule has 1 nitrogen and oxygen atoms in total. The van der Waals surface area contributed by atoms with Crippen LogP contribution in [-0.4, -0.2) is 19.0 Å². The van der Waals surface area contributed by atoms with E-state index < -0.39 is 0 Å². The molecule has 0 aliphatic carbocycles. The fourth-order valence-electron chi connectivity index (χ4n) is 0.751. The van der Waals surface area contributed by atoms with E-state index in [2.05, 4.69) is 0 Å². The summed E-state index contributed by atoms with van der Waals surface area (Å²) >= 11 is 1.43. The molecule has 1 aromatic rings. The Bertz CT molecular complexity index is 326. The summed E-state index contributed by atoms with van der Waals surface area (Å²) in [5.74, 6) is 0. The summed E-state index contributed by atoms with van der Waals surface area (Å²) in [6, 6.07) is 3.66. The Labute approximate surface area is 69.1 Å². The van der Waals surface area contributed by atoms with Crippen LogP contribution >= 0.6 is 11.3 Å². The highest BCUT2D eigenvalue weighted by molar-refractivity contribution is 7.07. The van der Waals surface area contributed by atoms with Gasteiger partial charge in [0.15, 0.2) is 0 Å². The lowest BCUT2D eigenvalue weighted by molar-refractivity contribution is 0.615. The molecule has 1 aromatic heterocycles. The molecule has 0 amide bonds. The van der Waals surface area contributed by atoms with Crippen LogP contribution in [0.15, 0.2) is 12.1 Å². The molecule has 0 bridgehead atoms. The summed E-state index contributed by atoms with van der Waals surface area (Å²) in [6.07, 6.45) is 2.58. The standard InChI is InChI=1S/C8H10FNS/c1-10(2)6-8-4-3-7(5-9)11-8/h3-6H,1-2H3/b7-5+,8-6-. The van der Waals surface area contributed by atoms with Gasteiger partial charge in [0.1, 0.15) is 6.33 Å². The molecular weight excluding hydrogens is 161 g/mol. The van der Waals surface area contributed by atoms with Crippen molar-refractivity contribution in [1.29, 1.82) is 0 Å². The van der Waals surface area contributed by atoms with E-state index in [4.69, 9.17) is 0 Å². The van der Waals surface area contributed by atoms with Crippen molar-refractivity contribution in [2.75, 3.05) is 14.1 Å². The van der Waals surface area contributed by atoms with Crippen LogP contribution in [0.25, 0.3) is 12.5 Å². The largest absolute Gasteiger partial charge is 0.382 e. The van der Waals surface area contributed by atoms with Crippen molar-refractivity contribution in [1.82, 2.24) is 4.90 Å². The maximum atomic E-state index is 11.9. The molecule has 0 saturated carbocycles. The van der Waals surface area contributed by atoms with Gasteiger partial charge < -0.3 is 4.90 Å². The fraction of sp³-hybridized carbons (Fsp3) is 0.250. The van der Waals surface area contributed by atoms with Crippen molar-refractivity contribution >= 4 is 23.9 Å². The van der Waals surface area contributed by atoms with E-state index in [1.807, 2.05) is 31.3 Å². The average Bonchev–Trinajstić information content (AvgIpc) is 2.34. The molecule has 3 heteroatoms. The predicted molar refractivity (Wildman–Crippen MR) is 47.3 cm³/mol. The first-order valence-corrected chi connectivity index (χ1v) is 4.08. The first-order valence-electron chi connectivity index (χ1n) is 3.27. The quantitative estimate of drug-likeness (QED) is 0.603. The summed E-state index contributed by atoms with van der Waals surface area (Å²) in [5.41, 5.74) is 0. The number of hydrogen-bond donors (Lipinski definition) is 0. The van der Waals surface area contributed by atoms with Gasteiger partial charge in [0.25, 0.3) is 0 Å². The molecule has 0 atom stereocenters. The fourth-order valence-corrected chi connectivity index (χ4v) is 1.60. The first kappa shape index (κ1) is 8.27. The molecular formula is C8H10FNS. The molecule has 11 heavy (non-hydrogen) atoms. The molecule has 0 aliphatic heterocycles. The lowest BCUT2D eigenvalue weighted by atomic mass is 10.5. The van der Waals surface area contributed by atoms with Gasteiger partial charge in [0.2, 0.25) is 0 Å². The lowest BCUT2D eigenvalue weighted by Crippen LogP contribution is -2.06. The summed E-state index contributed by atoms with van der Waals surface area (Å²) < 4.78 is 13.7. The van der Waals surface area contributed by atoms with Gasteiger partial charge >= 0.3 is 0 Å². The first-order chi connectivity index (χ1) is 5.22. The van der Waals surface area contributed by atoms with Crippen LogP contribution in [0.3, 0.4) is 0 Å². The van der Waals surface area contributed by atoms with Crippen LogP contribution in [0.4, 0.5) is 4.39 Å². The van der Waals surface area contributed by atoms with Gasteiger partial charge in [-0.25, -0.2) is 4.39 Å². The maximum absolute atomic E-state index is 11.9. The van der Waals surface area contributed by atoms with Crippen LogP contribution in [0.5, 0.6) is 0 Å². The highest BCUT2D eigenvalue weighted by Gasteiger charge is 1.84. The smallest absolute Gasteiger partial charge is 0.104 e. The minimum atomic E-state index is 0.623. The molecule has 1 rings (SSSR count). The predicted octanol–water partition coefficient (Wildman–Crippen LogP) is 0.755. The Balaban J connectivity index is 3.08. The van der Waals surface area contributed by atoms with Gasteiger partial charge in [-0.1, -0.05) is 0 Å². The molecule has 0 aliphatic rings. The Kier molecular flexibility index (Phi) is 2.65. The third-order valence-electron chi connectivity index (χ3n) is 1.14. The maximum Gasteiger partial charge on any atom is 0.104 e. The molecule has 1 heterocycles. The van der Waals surface area contributed by atoms with Crippen molar-refractivity contribution in [3.8, 4) is 0 Å². The molecule has 0 N–H and O–H groups in total. The SMILES string of the molecule is CN(C)/C=c1/cc/c(=C\F)s1. The molecule has 0 radical (unpaired) electrons. The third-order valence-corrected chi connectivity index (χ3v) is 2.08. The lowest BCUT2D eigenvalue weighted by Gasteiger charge is -2.00. The average molecular weight is 171 g/mol. The molecule has 0 unspecified atom stereocenters. The van der Waals surface area contributed by atoms with Crippen molar-refractivity contribution in [3.05, 3.63) is 21.2 Å². The monoisotopic (exact) mass is 171 g/mol. The Hall–Kier alpha value is -0.830. The second-order valence-electron chi connectivity index (χ2n) is 2.44. The zero-order valence-corrected chi connectivity index (χ0v) is 7.36. The van der Waals surface area contributed by atoms with Crippen LogP contribution < -0.4 is 9.06 Å². The zero-order chi connectivity index (χ0) is 8.27. The Morgan fingerprint density at radius 1 is 1.36 bits per heavy atom. The number of rotatable bonds is 1. The summed E-state index contributed by atoms with van der Waals surface area (Å²) in [5, 5.41) is 0. The minimum absolute atomic E-state index is 0.623. The zero-order valence-electron chi connectivity index (χ0n) is 6.54. The Morgan fingerprint density at radius 2 is 2.00 bits per heavy atom. The van der Waals surface area contributed by atoms with E-state index in [9.17, 15) is 4.39 Å². The minimum Gasteiger partial charge on any atom is -0.382 e. The van der Waals surface area contributed by atoms with Gasteiger partial charge in [0.05, 0.1) is 4.53 Å². The van der Waals surface area contributed by atoms with E-state index in [1.54, 1.807) is 6.07 Å². The van der Waals surface area contributed by atoms with E-state index in [0.29, 0.717) is 10.9 Å². The van der Waals surface area contributed by atoms with E-state index in [0.717, 1.165) is 4.53 Å². The molecule has 0 saturated heterocycles. The highest BCUT2D eigenvalue weighted by Crippen LogP contribution is 1.81.